The van der Waals surface area contributed by atoms with Gasteiger partial charge >= 0.3 is 0 Å². The van der Waals surface area contributed by atoms with Gasteiger partial charge in [0.2, 0.25) is 5.95 Å². The SMILES string of the molecule is CC1=C(C(=O)Nc2ccccc2)C(c2ccc(O)cc2)n2nc(-c3ccc(O)cc3)nc2N1. The Kier molecular flexibility index (Phi) is 5.02. The standard InChI is InChI=1S/C25H21N5O3/c1-15-21(24(33)27-18-5-3-2-4-6-18)22(16-7-11-19(31)12-8-16)30-25(26-15)28-23(29-30)17-9-13-20(32)14-10-17/h2-14,22,31-32H,1H3,(H,27,33)(H,26,28,29). The van der Waals surface area contributed by atoms with Crippen molar-refractivity contribution in [2.45, 2.75) is 13.0 Å². The van der Waals surface area contributed by atoms with Crippen LogP contribution in [0.15, 0.2) is 90.1 Å². The van der Waals surface area contributed by atoms with E-state index < -0.39 is 6.04 Å². The molecule has 8 nitrogen and oxygen atoms in total. The number of allylic oxidation sites excluding steroid dienone is 1. The number of aromatic nitrogens is 3. The van der Waals surface area contributed by atoms with Crippen molar-refractivity contribution in [2.75, 3.05) is 10.6 Å². The van der Waals surface area contributed by atoms with Crippen LogP contribution in [0, 0.1) is 0 Å². The van der Waals surface area contributed by atoms with Crippen LogP contribution in [0.25, 0.3) is 11.4 Å². The lowest BCUT2D eigenvalue weighted by atomic mass is 9.95. The molecule has 3 aromatic carbocycles. The zero-order valence-electron chi connectivity index (χ0n) is 17.7. The van der Waals surface area contributed by atoms with E-state index >= 15 is 0 Å². The predicted molar refractivity (Wildman–Crippen MR) is 125 cm³/mol. The number of fused-ring (bicyclic) bond motifs is 1. The molecular formula is C25H21N5O3. The lowest BCUT2D eigenvalue weighted by molar-refractivity contribution is -0.113. The molecule has 4 aromatic rings. The van der Waals surface area contributed by atoms with E-state index in [4.69, 9.17) is 0 Å². The lowest BCUT2D eigenvalue weighted by Crippen LogP contribution is -2.31. The molecule has 1 atom stereocenters. The molecule has 0 saturated heterocycles. The van der Waals surface area contributed by atoms with E-state index in [9.17, 15) is 15.0 Å². The molecule has 1 amide bonds. The molecule has 5 rings (SSSR count). The first-order valence-corrected chi connectivity index (χ1v) is 10.4. The zero-order chi connectivity index (χ0) is 22.9. The number of nitrogens with zero attached hydrogens (tertiary/aromatic N) is 3. The van der Waals surface area contributed by atoms with Crippen molar-refractivity contribution in [2.24, 2.45) is 0 Å². The highest BCUT2D eigenvalue weighted by atomic mass is 16.3. The summed E-state index contributed by atoms with van der Waals surface area (Å²) in [5.41, 5.74) is 3.32. The Bertz CT molecular complexity index is 1340. The van der Waals surface area contributed by atoms with Crippen LogP contribution in [0.2, 0.25) is 0 Å². The molecule has 33 heavy (non-hydrogen) atoms. The molecule has 4 N–H and O–H groups in total. The summed E-state index contributed by atoms with van der Waals surface area (Å²) in [5.74, 6) is 0.966. The number of amides is 1. The molecule has 1 aliphatic heterocycles. The van der Waals surface area contributed by atoms with Gasteiger partial charge in [-0.1, -0.05) is 30.3 Å². The van der Waals surface area contributed by atoms with Crippen molar-refractivity contribution in [1.29, 1.82) is 0 Å². The molecule has 0 aliphatic carbocycles. The number of hydrogen-bond donors (Lipinski definition) is 4. The minimum absolute atomic E-state index is 0.132. The number of phenolic OH excluding ortho intramolecular Hbond substituents is 2. The maximum atomic E-state index is 13.4. The van der Waals surface area contributed by atoms with E-state index in [1.807, 2.05) is 37.3 Å². The van der Waals surface area contributed by atoms with Gasteiger partial charge in [-0.25, -0.2) is 4.68 Å². The highest BCUT2D eigenvalue weighted by Gasteiger charge is 2.34. The molecule has 1 aromatic heterocycles. The summed E-state index contributed by atoms with van der Waals surface area (Å²) in [6, 6.07) is 22.0. The number of anilines is 2. The van der Waals surface area contributed by atoms with Crippen molar-refractivity contribution in [1.82, 2.24) is 14.8 Å². The van der Waals surface area contributed by atoms with Crippen LogP contribution >= 0.6 is 0 Å². The maximum Gasteiger partial charge on any atom is 0.255 e. The minimum atomic E-state index is -0.566. The zero-order valence-corrected chi connectivity index (χ0v) is 17.7. The molecule has 0 saturated carbocycles. The maximum absolute atomic E-state index is 13.4. The van der Waals surface area contributed by atoms with Crippen LogP contribution in [-0.2, 0) is 4.79 Å². The quantitative estimate of drug-likeness (QED) is 0.378. The third-order valence-electron chi connectivity index (χ3n) is 5.46. The topological polar surface area (TPSA) is 112 Å². The molecule has 1 unspecified atom stereocenters. The molecule has 0 bridgehead atoms. The number of hydrogen-bond acceptors (Lipinski definition) is 6. The smallest absolute Gasteiger partial charge is 0.255 e. The average molecular weight is 439 g/mol. The number of carbonyl (C=O) groups excluding carboxylic acids is 1. The summed E-state index contributed by atoms with van der Waals surface area (Å²) < 4.78 is 1.67. The van der Waals surface area contributed by atoms with E-state index in [0.29, 0.717) is 28.7 Å². The summed E-state index contributed by atoms with van der Waals surface area (Å²) in [4.78, 5) is 18.0. The van der Waals surface area contributed by atoms with Crippen LogP contribution in [0.1, 0.15) is 18.5 Å². The Morgan fingerprint density at radius 3 is 2.24 bits per heavy atom. The second-order valence-corrected chi connectivity index (χ2v) is 7.73. The molecule has 0 spiro atoms. The third-order valence-corrected chi connectivity index (χ3v) is 5.46. The Balaban J connectivity index is 1.60. The number of nitrogens with one attached hydrogen (secondary N) is 2. The van der Waals surface area contributed by atoms with Gasteiger partial charge in [0.05, 0.1) is 5.57 Å². The molecule has 2 heterocycles. The minimum Gasteiger partial charge on any atom is -0.508 e. The Hall–Kier alpha value is -4.59. The van der Waals surface area contributed by atoms with Crippen molar-refractivity contribution in [3.8, 4) is 22.9 Å². The predicted octanol–water partition coefficient (Wildman–Crippen LogP) is 4.28. The molecule has 1 aliphatic rings. The van der Waals surface area contributed by atoms with Crippen molar-refractivity contribution < 1.29 is 15.0 Å². The van der Waals surface area contributed by atoms with E-state index in [0.717, 1.165) is 11.1 Å². The summed E-state index contributed by atoms with van der Waals surface area (Å²) in [5, 5.41) is 30.2. The first-order chi connectivity index (χ1) is 16.0. The van der Waals surface area contributed by atoms with Crippen LogP contribution in [-0.4, -0.2) is 30.9 Å². The molecule has 8 heteroatoms. The van der Waals surface area contributed by atoms with Gasteiger partial charge in [-0.15, -0.1) is 5.10 Å². The Morgan fingerprint density at radius 1 is 0.939 bits per heavy atom. The van der Waals surface area contributed by atoms with Crippen molar-refractivity contribution >= 4 is 17.5 Å². The van der Waals surface area contributed by atoms with Crippen molar-refractivity contribution in [3.63, 3.8) is 0 Å². The fourth-order valence-corrected chi connectivity index (χ4v) is 3.86. The van der Waals surface area contributed by atoms with Gasteiger partial charge in [-0.2, -0.15) is 4.98 Å². The molecule has 0 radical (unpaired) electrons. The van der Waals surface area contributed by atoms with E-state index in [1.165, 1.54) is 0 Å². The van der Waals surface area contributed by atoms with Gasteiger partial charge < -0.3 is 20.8 Å². The first kappa shape index (κ1) is 20.3. The molecular weight excluding hydrogens is 418 g/mol. The van der Waals surface area contributed by atoms with Crippen LogP contribution in [0.4, 0.5) is 11.6 Å². The average Bonchev–Trinajstić information content (AvgIpc) is 3.23. The van der Waals surface area contributed by atoms with Crippen LogP contribution in [0.3, 0.4) is 0 Å². The number of rotatable bonds is 4. The Labute approximate surface area is 189 Å². The van der Waals surface area contributed by atoms with Crippen LogP contribution < -0.4 is 10.6 Å². The second kappa shape index (κ2) is 8.16. The monoisotopic (exact) mass is 439 g/mol. The normalized spacial score (nSPS) is 15.0. The Morgan fingerprint density at radius 2 is 1.58 bits per heavy atom. The fraction of sp³-hybridized carbons (Fsp3) is 0.0800. The molecule has 164 valence electrons. The summed E-state index contributed by atoms with van der Waals surface area (Å²) >= 11 is 0. The highest BCUT2D eigenvalue weighted by molar-refractivity contribution is 6.06. The van der Waals surface area contributed by atoms with Crippen LogP contribution in [0.5, 0.6) is 11.5 Å². The van der Waals surface area contributed by atoms with Gasteiger partial charge in [-0.05, 0) is 61.0 Å². The van der Waals surface area contributed by atoms with E-state index in [-0.39, 0.29) is 17.4 Å². The number of phenols is 2. The number of aromatic hydroxyl groups is 2. The first-order valence-electron chi connectivity index (χ1n) is 10.4. The number of benzene rings is 3. The van der Waals surface area contributed by atoms with Gasteiger partial charge in [-0.3, -0.25) is 4.79 Å². The fourth-order valence-electron chi connectivity index (χ4n) is 3.86. The molecule has 0 fully saturated rings. The summed E-state index contributed by atoms with van der Waals surface area (Å²) in [6.45, 7) is 1.83. The highest BCUT2D eigenvalue weighted by Crippen LogP contribution is 2.37. The number of para-hydroxylation sites is 1. The third kappa shape index (κ3) is 3.89. The summed E-state index contributed by atoms with van der Waals surface area (Å²) in [7, 11) is 0. The van der Waals surface area contributed by atoms with Gasteiger partial charge in [0.15, 0.2) is 5.82 Å². The lowest BCUT2D eigenvalue weighted by Gasteiger charge is -2.28. The van der Waals surface area contributed by atoms with Gasteiger partial charge in [0, 0.05) is 16.9 Å². The van der Waals surface area contributed by atoms with Gasteiger partial charge in [0.1, 0.15) is 17.5 Å². The van der Waals surface area contributed by atoms with Crippen molar-refractivity contribution in [3.05, 3.63) is 95.7 Å². The second-order valence-electron chi connectivity index (χ2n) is 7.73. The summed E-state index contributed by atoms with van der Waals surface area (Å²) in [6.07, 6.45) is 0. The van der Waals surface area contributed by atoms with Gasteiger partial charge in [0.25, 0.3) is 5.91 Å². The van der Waals surface area contributed by atoms with E-state index in [1.54, 1.807) is 53.2 Å². The number of carbonyl (C=O) groups is 1. The van der Waals surface area contributed by atoms with E-state index in [2.05, 4.69) is 20.7 Å². The largest absolute Gasteiger partial charge is 0.508 e.